The fraction of sp³-hybridized carbons (Fsp3) is 0.867. The zero-order valence-electron chi connectivity index (χ0n) is 12.9. The zero-order valence-corrected chi connectivity index (χ0v) is 12.9. The fourth-order valence-electron chi connectivity index (χ4n) is 0. The first-order valence-corrected chi connectivity index (χ1v) is 6.74. The third kappa shape index (κ3) is 625. The molecule has 0 atom stereocenters. The van der Waals surface area contributed by atoms with E-state index >= 15 is 0 Å². The summed E-state index contributed by atoms with van der Waals surface area (Å²) in [5, 5.41) is 0. The van der Waals surface area contributed by atoms with Gasteiger partial charge < -0.3 is 0 Å². The number of hydrogen-bond acceptors (Lipinski definition) is 0. The Kier molecular flexibility index (Phi) is 194. The lowest BCUT2D eigenvalue weighted by atomic mass is 10.4. The minimum atomic E-state index is 1.25. The highest BCUT2D eigenvalue weighted by atomic mass is 13.6. The lowest BCUT2D eigenvalue weighted by molar-refractivity contribution is 0.886. The van der Waals surface area contributed by atoms with Crippen molar-refractivity contribution in [3.8, 4) is 0 Å². The molecule has 0 aliphatic carbocycles. The van der Waals surface area contributed by atoms with Crippen LogP contribution in [0.3, 0.4) is 0 Å². The quantitative estimate of drug-likeness (QED) is 0.444. The molecule has 0 N–H and O–H groups in total. The maximum atomic E-state index is 3.00. The molecule has 0 saturated heterocycles. The molecule has 0 aromatic heterocycles. The predicted octanol–water partition coefficient (Wildman–Crippen LogP) is 6.86. The van der Waals surface area contributed by atoms with Crippen LogP contribution in [0.1, 0.15) is 87.5 Å². The SMILES string of the molecule is C=C.CC.CCC.CCCC.CCCC. The van der Waals surface area contributed by atoms with E-state index in [4.69, 9.17) is 0 Å². The first-order valence-electron chi connectivity index (χ1n) is 6.74. The van der Waals surface area contributed by atoms with E-state index in [1.54, 1.807) is 0 Å². The molecule has 0 rings (SSSR count). The molecule has 0 spiro atoms. The number of rotatable bonds is 2. The second-order valence-corrected chi connectivity index (χ2v) is 2.71. The Morgan fingerprint density at radius 2 is 0.600 bits per heavy atom. The van der Waals surface area contributed by atoms with Crippen LogP contribution in [0.5, 0.6) is 0 Å². The normalized spacial score (nSPS) is 5.87. The van der Waals surface area contributed by atoms with Crippen molar-refractivity contribution in [1.29, 1.82) is 0 Å². The van der Waals surface area contributed by atoms with Crippen LogP contribution in [0, 0.1) is 0 Å². The molecule has 0 heterocycles. The van der Waals surface area contributed by atoms with Crippen molar-refractivity contribution < 1.29 is 0 Å². The molecule has 0 fully saturated rings. The monoisotopic (exact) mass is 218 g/mol. The molecule has 0 nitrogen and oxygen atoms in total. The van der Waals surface area contributed by atoms with Crippen molar-refractivity contribution in [3.05, 3.63) is 13.2 Å². The van der Waals surface area contributed by atoms with Crippen molar-refractivity contribution in [2.75, 3.05) is 0 Å². The van der Waals surface area contributed by atoms with Crippen LogP contribution < -0.4 is 0 Å². The third-order valence-corrected chi connectivity index (χ3v) is 1.000. The number of unbranched alkanes of at least 4 members (excludes halogenated alkanes) is 2. The van der Waals surface area contributed by atoms with Crippen molar-refractivity contribution in [2.45, 2.75) is 87.5 Å². The molecule has 0 heteroatoms. The van der Waals surface area contributed by atoms with Gasteiger partial charge in [-0.15, -0.1) is 13.2 Å². The van der Waals surface area contributed by atoms with Crippen LogP contribution in [0.2, 0.25) is 0 Å². The van der Waals surface area contributed by atoms with Gasteiger partial charge >= 0.3 is 0 Å². The topological polar surface area (TPSA) is 0 Å². The molecule has 0 aliphatic heterocycles. The summed E-state index contributed by atoms with van der Waals surface area (Å²) < 4.78 is 0. The maximum Gasteiger partial charge on any atom is -0.0564 e. The Labute approximate surface area is 101 Å². The molecule has 0 amide bonds. The Balaban J connectivity index is -0.0000000289. The summed E-state index contributed by atoms with van der Waals surface area (Å²) in [6, 6.07) is 0. The molecule has 0 aliphatic rings. The molecule has 0 radical (unpaired) electrons. The van der Waals surface area contributed by atoms with Gasteiger partial charge in [0.25, 0.3) is 0 Å². The smallest absolute Gasteiger partial charge is 0.0564 e. The summed E-state index contributed by atoms with van der Waals surface area (Å²) in [5.74, 6) is 0. The van der Waals surface area contributed by atoms with Crippen LogP contribution in [0.4, 0.5) is 0 Å². The van der Waals surface area contributed by atoms with Gasteiger partial charge in [0.2, 0.25) is 0 Å². The van der Waals surface area contributed by atoms with Crippen molar-refractivity contribution in [1.82, 2.24) is 0 Å². The van der Waals surface area contributed by atoms with E-state index in [9.17, 15) is 0 Å². The van der Waals surface area contributed by atoms with E-state index in [-0.39, 0.29) is 0 Å². The maximum absolute atomic E-state index is 3.00. The largest absolute Gasteiger partial charge is 0.106 e. The molecule has 0 aromatic carbocycles. The summed E-state index contributed by atoms with van der Waals surface area (Å²) in [6.45, 7) is 23.0. The minimum Gasteiger partial charge on any atom is -0.106 e. The predicted molar refractivity (Wildman–Crippen MR) is 79.7 cm³/mol. The van der Waals surface area contributed by atoms with E-state index in [2.05, 4.69) is 54.7 Å². The van der Waals surface area contributed by atoms with Gasteiger partial charge in [0.1, 0.15) is 0 Å². The highest BCUT2D eigenvalue weighted by molar-refractivity contribution is 4.22. The van der Waals surface area contributed by atoms with Gasteiger partial charge in [0.05, 0.1) is 0 Å². The first-order chi connectivity index (χ1) is 7.24. The lowest BCUT2D eigenvalue weighted by Gasteiger charge is -1.68. The Morgan fingerprint density at radius 3 is 0.600 bits per heavy atom. The molecule has 0 aromatic rings. The first kappa shape index (κ1) is 29.3. The Morgan fingerprint density at radius 1 is 0.533 bits per heavy atom. The van der Waals surface area contributed by atoms with E-state index in [1.165, 1.54) is 32.1 Å². The van der Waals surface area contributed by atoms with E-state index in [0.29, 0.717) is 0 Å². The summed E-state index contributed by atoms with van der Waals surface area (Å²) in [4.78, 5) is 0. The fourth-order valence-corrected chi connectivity index (χ4v) is 0. The van der Waals surface area contributed by atoms with Crippen molar-refractivity contribution >= 4 is 0 Å². The standard InChI is InChI=1S/2C4H10.C3H8.C2H6.C2H4/c2*1-3-4-2;1-3-2;2*1-2/h2*3-4H2,1-2H3;3H2,1-2H3;1-2H3;1-2H2. The highest BCUT2D eigenvalue weighted by Crippen LogP contribution is 1.77. The summed E-state index contributed by atoms with van der Waals surface area (Å²) in [6.07, 6.45) is 6.53. The van der Waals surface area contributed by atoms with Gasteiger partial charge in [-0.25, -0.2) is 0 Å². The highest BCUT2D eigenvalue weighted by Gasteiger charge is 1.56. The van der Waals surface area contributed by atoms with Crippen molar-refractivity contribution in [3.63, 3.8) is 0 Å². The second kappa shape index (κ2) is 99.3. The van der Waals surface area contributed by atoms with Crippen LogP contribution in [-0.2, 0) is 0 Å². The third-order valence-electron chi connectivity index (χ3n) is 1.000. The van der Waals surface area contributed by atoms with Crippen LogP contribution in [0.25, 0.3) is 0 Å². The average Bonchev–Trinajstić information content (AvgIpc) is 2.35. The summed E-state index contributed by atoms with van der Waals surface area (Å²) in [7, 11) is 0. The molecule has 15 heavy (non-hydrogen) atoms. The molecule has 98 valence electrons. The summed E-state index contributed by atoms with van der Waals surface area (Å²) >= 11 is 0. The van der Waals surface area contributed by atoms with Crippen molar-refractivity contribution in [2.24, 2.45) is 0 Å². The average molecular weight is 218 g/mol. The number of hydrogen-bond donors (Lipinski definition) is 0. The van der Waals surface area contributed by atoms with E-state index in [0.717, 1.165) is 0 Å². The Bertz CT molecular complexity index is 23.0. The summed E-state index contributed by atoms with van der Waals surface area (Å²) in [5.41, 5.74) is 0. The second-order valence-electron chi connectivity index (χ2n) is 2.71. The van der Waals surface area contributed by atoms with Gasteiger partial charge in [-0.3, -0.25) is 0 Å². The molecular weight excluding hydrogens is 180 g/mol. The molecular formula is C15H38. The minimum absolute atomic E-state index is 1.25. The Hall–Kier alpha value is -0.260. The van der Waals surface area contributed by atoms with Gasteiger partial charge in [0.15, 0.2) is 0 Å². The zero-order chi connectivity index (χ0) is 13.5. The van der Waals surface area contributed by atoms with Gasteiger partial charge in [-0.05, 0) is 0 Å². The lowest BCUT2D eigenvalue weighted by Crippen LogP contribution is -1.47. The van der Waals surface area contributed by atoms with E-state index < -0.39 is 0 Å². The van der Waals surface area contributed by atoms with Gasteiger partial charge in [0, 0.05) is 0 Å². The van der Waals surface area contributed by atoms with Gasteiger partial charge in [-0.1, -0.05) is 87.5 Å². The van der Waals surface area contributed by atoms with Crippen LogP contribution in [0.15, 0.2) is 13.2 Å². The molecule has 0 unspecified atom stereocenters. The molecule has 0 saturated carbocycles. The van der Waals surface area contributed by atoms with Gasteiger partial charge in [-0.2, -0.15) is 0 Å². The van der Waals surface area contributed by atoms with E-state index in [1.807, 2.05) is 13.8 Å². The van der Waals surface area contributed by atoms with Crippen LogP contribution in [-0.4, -0.2) is 0 Å². The molecule has 0 bridgehead atoms. The van der Waals surface area contributed by atoms with Crippen LogP contribution >= 0.6 is 0 Å².